The van der Waals surface area contributed by atoms with Crippen molar-refractivity contribution in [3.63, 3.8) is 0 Å². The molecule has 23 heavy (non-hydrogen) atoms. The van der Waals surface area contributed by atoms with Gasteiger partial charge >= 0.3 is 0 Å². The average molecular weight is 319 g/mol. The number of allylic oxidation sites excluding steroid dienone is 3. The summed E-state index contributed by atoms with van der Waals surface area (Å²) in [6, 6.07) is 0.913. The number of hydrogen-bond acceptors (Lipinski definition) is 2. The molecule has 0 saturated carbocycles. The van der Waals surface area contributed by atoms with Crippen LogP contribution >= 0.6 is 0 Å². The zero-order chi connectivity index (χ0) is 17.0. The maximum atomic E-state index is 11.4. The molecule has 2 atom stereocenters. The molecule has 1 amide bonds. The summed E-state index contributed by atoms with van der Waals surface area (Å²) in [5, 5.41) is 3.72. The molecule has 2 aliphatic rings. The van der Waals surface area contributed by atoms with Gasteiger partial charge in [-0.15, -0.1) is 0 Å². The molecule has 1 aliphatic carbocycles. The molecule has 130 valence electrons. The van der Waals surface area contributed by atoms with Crippen LogP contribution in [-0.4, -0.2) is 36.0 Å². The van der Waals surface area contributed by atoms with Crippen LogP contribution in [0.3, 0.4) is 0 Å². The van der Waals surface area contributed by atoms with Gasteiger partial charge in [0.2, 0.25) is 5.91 Å². The van der Waals surface area contributed by atoms with Gasteiger partial charge in [0, 0.05) is 38.0 Å². The second kappa shape index (κ2) is 7.65. The molecule has 0 aromatic carbocycles. The van der Waals surface area contributed by atoms with E-state index in [4.69, 9.17) is 0 Å². The molecule has 1 heterocycles. The fraction of sp³-hybridized carbons (Fsp3) is 0.750. The fourth-order valence-electron chi connectivity index (χ4n) is 4.05. The van der Waals surface area contributed by atoms with Crippen molar-refractivity contribution in [1.82, 2.24) is 10.2 Å². The number of likely N-dealkylation sites (tertiary alicyclic amines) is 1. The van der Waals surface area contributed by atoms with Gasteiger partial charge in [-0.05, 0) is 44.9 Å². The summed E-state index contributed by atoms with van der Waals surface area (Å²) < 4.78 is 0. The van der Waals surface area contributed by atoms with Crippen LogP contribution in [-0.2, 0) is 4.79 Å². The third kappa shape index (κ3) is 4.94. The van der Waals surface area contributed by atoms with Gasteiger partial charge in [-0.3, -0.25) is 4.79 Å². The maximum absolute atomic E-state index is 11.4. The number of piperidine rings is 1. The van der Waals surface area contributed by atoms with Crippen LogP contribution in [0.25, 0.3) is 0 Å². The van der Waals surface area contributed by atoms with Crippen LogP contribution in [0.1, 0.15) is 60.3 Å². The lowest BCUT2D eigenvalue weighted by Gasteiger charge is -2.37. The Morgan fingerprint density at radius 2 is 2.04 bits per heavy atom. The molecule has 0 spiro atoms. The van der Waals surface area contributed by atoms with Crippen molar-refractivity contribution in [2.75, 3.05) is 13.1 Å². The molecule has 3 nitrogen and oxygen atoms in total. The standard InChI is InChI=1S/C20H34N2O/c1-15-7-6-12-20(4,5)19(15)9-8-16(2)21-18-10-13-22(14-11-18)17(3)23/h7-9,16,18-19,21H,6,10-14H2,1-5H3/b9-8+. The predicted molar refractivity (Wildman–Crippen MR) is 97.3 cm³/mol. The molecule has 1 aliphatic heterocycles. The van der Waals surface area contributed by atoms with Crippen LogP contribution in [0.2, 0.25) is 0 Å². The van der Waals surface area contributed by atoms with E-state index in [0.29, 0.717) is 23.4 Å². The Bertz CT molecular complexity index is 470. The minimum Gasteiger partial charge on any atom is -0.343 e. The zero-order valence-corrected chi connectivity index (χ0v) is 15.6. The highest BCUT2D eigenvalue weighted by Crippen LogP contribution is 2.41. The van der Waals surface area contributed by atoms with Crippen molar-refractivity contribution >= 4 is 5.91 Å². The van der Waals surface area contributed by atoms with E-state index in [0.717, 1.165) is 25.9 Å². The molecule has 0 bridgehead atoms. The first-order valence-electron chi connectivity index (χ1n) is 9.16. The molecule has 1 fully saturated rings. The molecule has 0 radical (unpaired) electrons. The van der Waals surface area contributed by atoms with Gasteiger partial charge in [-0.1, -0.05) is 37.6 Å². The minimum absolute atomic E-state index is 0.207. The van der Waals surface area contributed by atoms with Crippen molar-refractivity contribution in [2.45, 2.75) is 72.4 Å². The van der Waals surface area contributed by atoms with Crippen LogP contribution in [0.15, 0.2) is 23.8 Å². The fourth-order valence-corrected chi connectivity index (χ4v) is 4.05. The van der Waals surface area contributed by atoms with Crippen LogP contribution in [0, 0.1) is 11.3 Å². The topological polar surface area (TPSA) is 32.3 Å². The van der Waals surface area contributed by atoms with Gasteiger partial charge in [0.05, 0.1) is 0 Å². The van der Waals surface area contributed by atoms with E-state index in [1.807, 2.05) is 4.90 Å². The maximum Gasteiger partial charge on any atom is 0.219 e. The van der Waals surface area contributed by atoms with Crippen molar-refractivity contribution < 1.29 is 4.79 Å². The van der Waals surface area contributed by atoms with E-state index in [1.54, 1.807) is 6.92 Å². The summed E-state index contributed by atoms with van der Waals surface area (Å²) in [5.74, 6) is 0.762. The lowest BCUT2D eigenvalue weighted by Crippen LogP contribution is -2.46. The van der Waals surface area contributed by atoms with Crippen molar-refractivity contribution in [3.05, 3.63) is 23.8 Å². The van der Waals surface area contributed by atoms with E-state index in [-0.39, 0.29) is 5.91 Å². The summed E-state index contributed by atoms with van der Waals surface area (Å²) in [7, 11) is 0. The van der Waals surface area contributed by atoms with E-state index in [9.17, 15) is 4.79 Å². The highest BCUT2D eigenvalue weighted by atomic mass is 16.2. The number of nitrogens with zero attached hydrogens (tertiary/aromatic N) is 1. The van der Waals surface area contributed by atoms with Gasteiger partial charge in [0.15, 0.2) is 0 Å². The SMILES string of the molecule is CC(=O)N1CCC(NC(C)/C=C/C2C(C)=CCCC2(C)C)CC1. The number of rotatable bonds is 4. The normalized spacial score (nSPS) is 27.1. The molecule has 1 N–H and O–H groups in total. The zero-order valence-electron chi connectivity index (χ0n) is 15.6. The largest absolute Gasteiger partial charge is 0.343 e. The smallest absolute Gasteiger partial charge is 0.219 e. The predicted octanol–water partition coefficient (Wildman–Crippen LogP) is 3.91. The van der Waals surface area contributed by atoms with Crippen molar-refractivity contribution in [3.8, 4) is 0 Å². The van der Waals surface area contributed by atoms with Crippen LogP contribution in [0.5, 0.6) is 0 Å². The van der Waals surface area contributed by atoms with E-state index in [2.05, 4.69) is 51.2 Å². The van der Waals surface area contributed by atoms with Crippen molar-refractivity contribution in [1.29, 1.82) is 0 Å². The number of hydrogen-bond donors (Lipinski definition) is 1. The third-order valence-corrected chi connectivity index (χ3v) is 5.62. The number of carbonyl (C=O) groups is 1. The van der Waals surface area contributed by atoms with Gasteiger partial charge in [0.25, 0.3) is 0 Å². The Hall–Kier alpha value is -1.09. The van der Waals surface area contributed by atoms with Crippen LogP contribution in [0.4, 0.5) is 0 Å². The summed E-state index contributed by atoms with van der Waals surface area (Å²) in [5.41, 5.74) is 1.88. The number of nitrogens with one attached hydrogen (secondary N) is 1. The Labute approximate surface area is 142 Å². The lowest BCUT2D eigenvalue weighted by atomic mass is 9.68. The molecule has 0 aromatic heterocycles. The summed E-state index contributed by atoms with van der Waals surface area (Å²) >= 11 is 0. The lowest BCUT2D eigenvalue weighted by molar-refractivity contribution is -0.129. The van der Waals surface area contributed by atoms with E-state index >= 15 is 0 Å². The first-order chi connectivity index (χ1) is 10.8. The average Bonchev–Trinajstić information content (AvgIpc) is 2.46. The highest BCUT2D eigenvalue weighted by Gasteiger charge is 2.30. The van der Waals surface area contributed by atoms with Gasteiger partial charge in [-0.2, -0.15) is 0 Å². The Morgan fingerprint density at radius 3 is 2.61 bits per heavy atom. The number of amides is 1. The van der Waals surface area contributed by atoms with E-state index < -0.39 is 0 Å². The van der Waals surface area contributed by atoms with Crippen LogP contribution < -0.4 is 5.32 Å². The summed E-state index contributed by atoms with van der Waals surface area (Å²) in [6.07, 6.45) is 11.8. The molecule has 3 heteroatoms. The Morgan fingerprint density at radius 1 is 1.39 bits per heavy atom. The minimum atomic E-state index is 0.207. The molecule has 2 rings (SSSR count). The highest BCUT2D eigenvalue weighted by molar-refractivity contribution is 5.73. The molecule has 2 unspecified atom stereocenters. The van der Waals surface area contributed by atoms with Crippen molar-refractivity contribution in [2.24, 2.45) is 11.3 Å². The summed E-state index contributed by atoms with van der Waals surface area (Å²) in [6.45, 7) is 12.7. The van der Waals surface area contributed by atoms with Gasteiger partial charge in [-0.25, -0.2) is 0 Å². The van der Waals surface area contributed by atoms with Gasteiger partial charge < -0.3 is 10.2 Å². The molecular weight excluding hydrogens is 284 g/mol. The molecule has 0 aromatic rings. The first kappa shape index (κ1) is 18.3. The Balaban J connectivity index is 1.85. The molecular formula is C20H34N2O. The number of carbonyl (C=O) groups excluding carboxylic acids is 1. The second-order valence-electron chi connectivity index (χ2n) is 8.07. The monoisotopic (exact) mass is 318 g/mol. The Kier molecular flexibility index (Phi) is 6.07. The molecule has 1 saturated heterocycles. The first-order valence-corrected chi connectivity index (χ1v) is 9.16. The second-order valence-corrected chi connectivity index (χ2v) is 8.07. The van der Waals surface area contributed by atoms with Gasteiger partial charge in [0.1, 0.15) is 0 Å². The third-order valence-electron chi connectivity index (χ3n) is 5.62. The van der Waals surface area contributed by atoms with E-state index in [1.165, 1.54) is 18.4 Å². The quantitative estimate of drug-likeness (QED) is 0.797. The summed E-state index contributed by atoms with van der Waals surface area (Å²) in [4.78, 5) is 13.3.